The van der Waals surface area contributed by atoms with Crippen molar-refractivity contribution in [3.63, 3.8) is 0 Å². The number of methoxy groups -OCH3 is 1. The minimum Gasteiger partial charge on any atom is -0.497 e. The number of hydrogen-bond donors (Lipinski definition) is 1. The van der Waals surface area contributed by atoms with Crippen molar-refractivity contribution in [2.45, 2.75) is 18.8 Å². The molecule has 0 radical (unpaired) electrons. The third-order valence-electron chi connectivity index (χ3n) is 4.31. The average Bonchev–Trinajstić information content (AvgIpc) is 2.63. The first-order valence-corrected chi connectivity index (χ1v) is 8.06. The fourth-order valence-corrected chi connectivity index (χ4v) is 2.93. The Balaban J connectivity index is 1.61. The smallest absolute Gasteiger partial charge is 0.123 e. The van der Waals surface area contributed by atoms with Crippen LogP contribution < -0.4 is 4.74 Å². The van der Waals surface area contributed by atoms with Crippen LogP contribution in [-0.4, -0.2) is 42.9 Å². The number of ether oxygens (including phenoxy) is 2. The van der Waals surface area contributed by atoms with Gasteiger partial charge in [-0.25, -0.2) is 4.39 Å². The predicted octanol–water partition coefficient (Wildman–Crippen LogP) is 2.77. The highest BCUT2D eigenvalue weighted by molar-refractivity contribution is 5.27. The number of rotatable bonds is 5. The maximum atomic E-state index is 13.0. The fraction of sp³-hybridized carbons (Fsp3) is 0.368. The summed E-state index contributed by atoms with van der Waals surface area (Å²) < 4.78 is 23.9. The van der Waals surface area contributed by atoms with E-state index in [1.54, 1.807) is 19.2 Å². The number of benzene rings is 2. The van der Waals surface area contributed by atoms with Crippen molar-refractivity contribution < 1.29 is 19.0 Å². The van der Waals surface area contributed by atoms with Crippen LogP contribution in [0.3, 0.4) is 0 Å². The lowest BCUT2D eigenvalue weighted by Gasteiger charge is -2.35. The van der Waals surface area contributed by atoms with E-state index >= 15 is 0 Å². The van der Waals surface area contributed by atoms with Crippen LogP contribution in [0.25, 0.3) is 0 Å². The van der Waals surface area contributed by atoms with Crippen molar-refractivity contribution in [3.8, 4) is 5.75 Å². The molecule has 128 valence electrons. The van der Waals surface area contributed by atoms with Crippen LogP contribution in [-0.2, 0) is 11.3 Å². The van der Waals surface area contributed by atoms with Gasteiger partial charge in [-0.05, 0) is 35.4 Å². The predicted molar refractivity (Wildman–Crippen MR) is 89.4 cm³/mol. The van der Waals surface area contributed by atoms with Crippen molar-refractivity contribution >= 4 is 0 Å². The maximum Gasteiger partial charge on any atom is 0.123 e. The number of hydrogen-bond acceptors (Lipinski definition) is 4. The number of halogens is 1. The number of nitrogens with zero attached hydrogens (tertiary/aromatic N) is 1. The highest BCUT2D eigenvalue weighted by atomic mass is 19.1. The monoisotopic (exact) mass is 331 g/mol. The fourth-order valence-electron chi connectivity index (χ4n) is 2.93. The molecule has 1 aliphatic heterocycles. The SMILES string of the molecule is COc1ccc(CN2CCO[C@H]([C@H](O)c3ccc(F)cc3)C2)cc1. The van der Waals surface area contributed by atoms with Crippen molar-refractivity contribution in [1.29, 1.82) is 0 Å². The highest BCUT2D eigenvalue weighted by Crippen LogP contribution is 2.23. The molecule has 1 saturated heterocycles. The van der Waals surface area contributed by atoms with E-state index in [9.17, 15) is 9.50 Å². The molecular formula is C19H22FNO3. The van der Waals surface area contributed by atoms with Crippen LogP contribution in [0.1, 0.15) is 17.2 Å². The molecule has 5 heteroatoms. The Morgan fingerprint density at radius 2 is 1.92 bits per heavy atom. The largest absolute Gasteiger partial charge is 0.497 e. The summed E-state index contributed by atoms with van der Waals surface area (Å²) in [5.74, 6) is 0.530. The van der Waals surface area contributed by atoms with Crippen LogP contribution in [0.2, 0.25) is 0 Å². The Labute approximate surface area is 141 Å². The second-order valence-corrected chi connectivity index (χ2v) is 5.99. The molecule has 0 amide bonds. The summed E-state index contributed by atoms with van der Waals surface area (Å²) in [6, 6.07) is 13.9. The first kappa shape index (κ1) is 16.9. The van der Waals surface area contributed by atoms with E-state index in [2.05, 4.69) is 4.90 Å². The lowest BCUT2D eigenvalue weighted by molar-refractivity contribution is -0.0919. The first-order valence-electron chi connectivity index (χ1n) is 8.06. The summed E-state index contributed by atoms with van der Waals surface area (Å²) in [5, 5.41) is 10.5. The Morgan fingerprint density at radius 1 is 1.21 bits per heavy atom. The molecule has 3 rings (SSSR count). The van der Waals surface area contributed by atoms with Crippen LogP contribution in [0.4, 0.5) is 4.39 Å². The number of aliphatic hydroxyl groups excluding tert-OH is 1. The van der Waals surface area contributed by atoms with Crippen molar-refractivity contribution in [3.05, 3.63) is 65.5 Å². The summed E-state index contributed by atoms with van der Waals surface area (Å²) in [6.45, 7) is 2.81. The van der Waals surface area contributed by atoms with Gasteiger partial charge in [0.1, 0.15) is 23.8 Å². The molecular weight excluding hydrogens is 309 g/mol. The lowest BCUT2D eigenvalue weighted by atomic mass is 10.0. The molecule has 1 aliphatic rings. The third kappa shape index (κ3) is 4.12. The van der Waals surface area contributed by atoms with Crippen LogP contribution in [0.5, 0.6) is 5.75 Å². The van der Waals surface area contributed by atoms with Gasteiger partial charge in [0.2, 0.25) is 0 Å². The quantitative estimate of drug-likeness (QED) is 0.915. The number of morpholine rings is 1. The molecule has 0 unspecified atom stereocenters. The summed E-state index contributed by atoms with van der Waals surface area (Å²) in [6.07, 6.45) is -1.08. The highest BCUT2D eigenvalue weighted by Gasteiger charge is 2.28. The minimum absolute atomic E-state index is 0.309. The van der Waals surface area contributed by atoms with Crippen LogP contribution in [0.15, 0.2) is 48.5 Å². The molecule has 1 fully saturated rings. The zero-order valence-corrected chi connectivity index (χ0v) is 13.7. The van der Waals surface area contributed by atoms with Crippen molar-refractivity contribution in [2.24, 2.45) is 0 Å². The van der Waals surface area contributed by atoms with E-state index < -0.39 is 6.10 Å². The zero-order valence-electron chi connectivity index (χ0n) is 13.7. The van der Waals surface area contributed by atoms with Gasteiger partial charge in [0.15, 0.2) is 0 Å². The molecule has 0 aliphatic carbocycles. The van der Waals surface area contributed by atoms with Crippen LogP contribution in [0, 0.1) is 5.82 Å². The van der Waals surface area contributed by atoms with Crippen molar-refractivity contribution in [2.75, 3.05) is 26.8 Å². The topological polar surface area (TPSA) is 41.9 Å². The molecule has 0 bridgehead atoms. The van der Waals surface area contributed by atoms with Gasteiger partial charge in [0.25, 0.3) is 0 Å². The Kier molecular flexibility index (Phi) is 5.45. The summed E-state index contributed by atoms with van der Waals surface area (Å²) in [7, 11) is 1.65. The Hall–Kier alpha value is -1.95. The van der Waals surface area contributed by atoms with Gasteiger partial charge < -0.3 is 14.6 Å². The molecule has 2 aromatic rings. The van der Waals surface area contributed by atoms with Gasteiger partial charge in [-0.1, -0.05) is 24.3 Å². The van der Waals surface area contributed by atoms with Crippen molar-refractivity contribution in [1.82, 2.24) is 4.90 Å². The van der Waals surface area contributed by atoms with Gasteiger partial charge in [-0.2, -0.15) is 0 Å². The van der Waals surface area contributed by atoms with E-state index in [0.29, 0.717) is 18.7 Å². The molecule has 0 saturated carbocycles. The van der Waals surface area contributed by atoms with E-state index in [-0.39, 0.29) is 11.9 Å². The number of aliphatic hydroxyl groups is 1. The zero-order chi connectivity index (χ0) is 16.9. The van der Waals surface area contributed by atoms with Gasteiger partial charge >= 0.3 is 0 Å². The lowest BCUT2D eigenvalue weighted by Crippen LogP contribution is -2.44. The molecule has 0 aromatic heterocycles. The minimum atomic E-state index is -0.760. The van der Waals surface area contributed by atoms with Gasteiger partial charge in [0, 0.05) is 19.6 Å². The van der Waals surface area contributed by atoms with E-state index in [1.165, 1.54) is 17.7 Å². The standard InChI is InChI=1S/C19H22FNO3/c1-23-17-8-2-14(3-9-17)12-21-10-11-24-18(13-21)19(22)15-4-6-16(20)7-5-15/h2-9,18-19,22H,10-13H2,1H3/t18-,19+/m0/s1. The Bertz CT molecular complexity index is 645. The summed E-state index contributed by atoms with van der Waals surface area (Å²) in [4.78, 5) is 2.25. The van der Waals surface area contributed by atoms with Gasteiger partial charge in [-0.15, -0.1) is 0 Å². The maximum absolute atomic E-state index is 13.0. The molecule has 1 heterocycles. The van der Waals surface area contributed by atoms with Gasteiger partial charge in [-0.3, -0.25) is 4.90 Å². The first-order chi connectivity index (χ1) is 11.7. The molecule has 4 nitrogen and oxygen atoms in total. The second-order valence-electron chi connectivity index (χ2n) is 5.99. The molecule has 2 atom stereocenters. The molecule has 1 N–H and O–H groups in total. The third-order valence-corrected chi connectivity index (χ3v) is 4.31. The molecule has 0 spiro atoms. The van der Waals surface area contributed by atoms with Gasteiger partial charge in [0.05, 0.1) is 13.7 Å². The molecule has 2 aromatic carbocycles. The van der Waals surface area contributed by atoms with E-state index in [4.69, 9.17) is 9.47 Å². The summed E-state index contributed by atoms with van der Waals surface area (Å²) in [5.41, 5.74) is 1.86. The summed E-state index contributed by atoms with van der Waals surface area (Å²) >= 11 is 0. The van der Waals surface area contributed by atoms with Crippen LogP contribution >= 0.6 is 0 Å². The molecule has 24 heavy (non-hydrogen) atoms. The van der Waals surface area contributed by atoms with E-state index in [1.807, 2.05) is 24.3 Å². The second kappa shape index (κ2) is 7.75. The Morgan fingerprint density at radius 3 is 2.58 bits per heavy atom. The van der Waals surface area contributed by atoms with E-state index in [0.717, 1.165) is 18.8 Å². The average molecular weight is 331 g/mol. The normalized spacial score (nSPS) is 19.9.